The first-order chi connectivity index (χ1) is 14.1. The van der Waals surface area contributed by atoms with Gasteiger partial charge in [-0.25, -0.2) is 4.39 Å². The summed E-state index contributed by atoms with van der Waals surface area (Å²) in [5.74, 6) is 0.0264. The summed E-state index contributed by atoms with van der Waals surface area (Å²) in [4.78, 5) is 28.5. The highest BCUT2D eigenvalue weighted by Crippen LogP contribution is 2.32. The third-order valence-electron chi connectivity index (χ3n) is 5.30. The molecule has 0 spiro atoms. The van der Waals surface area contributed by atoms with Crippen LogP contribution in [0.4, 0.5) is 10.1 Å². The lowest BCUT2D eigenvalue weighted by Gasteiger charge is -2.32. The molecule has 0 saturated carbocycles. The first-order valence-electron chi connectivity index (χ1n) is 9.79. The molecule has 1 saturated heterocycles. The van der Waals surface area contributed by atoms with Gasteiger partial charge in [0.25, 0.3) is 0 Å². The Morgan fingerprint density at radius 2 is 1.90 bits per heavy atom. The molecule has 2 aliphatic rings. The standard InChI is InChI=1S/C22H23FN2O4/c1-2-24(13-16-14-28-19-9-5-6-10-20(19)29-16)22(27)15-11-21(26)25(12-15)18-8-4-3-7-17(18)23/h3-10,15-16H,2,11-14H2,1H3/t15-,16+/m1/s1. The van der Waals surface area contributed by atoms with Gasteiger partial charge in [0.05, 0.1) is 18.2 Å². The van der Waals surface area contributed by atoms with Gasteiger partial charge in [-0.1, -0.05) is 24.3 Å². The Bertz CT molecular complexity index is 919. The Labute approximate surface area is 168 Å². The van der Waals surface area contributed by atoms with Crippen molar-refractivity contribution in [3.8, 4) is 11.5 Å². The largest absolute Gasteiger partial charge is 0.486 e. The van der Waals surface area contributed by atoms with Crippen molar-refractivity contribution in [2.75, 3.05) is 31.1 Å². The zero-order valence-corrected chi connectivity index (χ0v) is 16.2. The van der Waals surface area contributed by atoms with Gasteiger partial charge in [0.15, 0.2) is 17.6 Å². The van der Waals surface area contributed by atoms with Crippen molar-refractivity contribution < 1.29 is 23.5 Å². The van der Waals surface area contributed by atoms with Crippen molar-refractivity contribution in [2.45, 2.75) is 19.4 Å². The van der Waals surface area contributed by atoms with E-state index in [9.17, 15) is 14.0 Å². The second-order valence-corrected chi connectivity index (χ2v) is 7.23. The van der Waals surface area contributed by atoms with Crippen molar-refractivity contribution in [1.29, 1.82) is 0 Å². The van der Waals surface area contributed by atoms with E-state index in [1.54, 1.807) is 23.1 Å². The molecule has 6 nitrogen and oxygen atoms in total. The van der Waals surface area contributed by atoms with Gasteiger partial charge < -0.3 is 19.3 Å². The lowest BCUT2D eigenvalue weighted by molar-refractivity contribution is -0.137. The number of carbonyl (C=O) groups excluding carboxylic acids is 2. The highest BCUT2D eigenvalue weighted by Gasteiger charge is 2.38. The van der Waals surface area contributed by atoms with Crippen LogP contribution in [0, 0.1) is 11.7 Å². The molecule has 0 N–H and O–H groups in total. The summed E-state index contributed by atoms with van der Waals surface area (Å²) in [7, 11) is 0. The average Bonchev–Trinajstić information content (AvgIpc) is 3.13. The SMILES string of the molecule is CCN(C[C@H]1COc2ccccc2O1)C(=O)[C@@H]1CC(=O)N(c2ccccc2F)C1. The lowest BCUT2D eigenvalue weighted by atomic mass is 10.1. The topological polar surface area (TPSA) is 59.1 Å². The molecule has 0 bridgehead atoms. The van der Waals surface area contributed by atoms with E-state index < -0.39 is 11.7 Å². The van der Waals surface area contributed by atoms with E-state index in [2.05, 4.69) is 0 Å². The molecule has 0 unspecified atom stereocenters. The number of hydrogen-bond acceptors (Lipinski definition) is 4. The van der Waals surface area contributed by atoms with Crippen LogP contribution in [0.25, 0.3) is 0 Å². The Balaban J connectivity index is 1.42. The van der Waals surface area contributed by atoms with Crippen LogP contribution < -0.4 is 14.4 Å². The second-order valence-electron chi connectivity index (χ2n) is 7.23. The van der Waals surface area contributed by atoms with Crippen LogP contribution in [-0.4, -0.2) is 49.1 Å². The van der Waals surface area contributed by atoms with Crippen molar-refractivity contribution in [2.24, 2.45) is 5.92 Å². The van der Waals surface area contributed by atoms with Gasteiger partial charge in [-0.2, -0.15) is 0 Å². The van der Waals surface area contributed by atoms with E-state index in [4.69, 9.17) is 9.47 Å². The van der Waals surface area contributed by atoms with Gasteiger partial charge in [-0.3, -0.25) is 9.59 Å². The second kappa shape index (κ2) is 8.11. The van der Waals surface area contributed by atoms with Crippen LogP contribution in [0.2, 0.25) is 0 Å². The first-order valence-corrected chi connectivity index (χ1v) is 9.79. The Kier molecular flexibility index (Phi) is 5.38. The smallest absolute Gasteiger partial charge is 0.228 e. The Morgan fingerprint density at radius 3 is 2.66 bits per heavy atom. The third kappa shape index (κ3) is 3.90. The molecule has 2 aromatic carbocycles. The number of hydrogen-bond donors (Lipinski definition) is 0. The molecule has 0 aromatic heterocycles. The molecule has 2 heterocycles. The quantitative estimate of drug-likeness (QED) is 0.777. The molecular weight excluding hydrogens is 375 g/mol. The van der Waals surface area contributed by atoms with E-state index in [-0.39, 0.29) is 36.6 Å². The number of anilines is 1. The Morgan fingerprint density at radius 1 is 1.17 bits per heavy atom. The molecule has 2 aromatic rings. The maximum Gasteiger partial charge on any atom is 0.228 e. The van der Waals surface area contributed by atoms with Crippen LogP contribution in [0.15, 0.2) is 48.5 Å². The number of ether oxygens (including phenoxy) is 2. The molecular formula is C22H23FN2O4. The average molecular weight is 398 g/mol. The van der Waals surface area contributed by atoms with Crippen LogP contribution >= 0.6 is 0 Å². The molecule has 29 heavy (non-hydrogen) atoms. The molecule has 152 valence electrons. The minimum atomic E-state index is -0.501. The molecule has 0 aliphatic carbocycles. The summed E-state index contributed by atoms with van der Waals surface area (Å²) in [6, 6.07) is 13.5. The molecule has 2 aliphatic heterocycles. The van der Waals surface area contributed by atoms with Crippen LogP contribution in [0.3, 0.4) is 0 Å². The normalized spacial score (nSPS) is 20.6. The highest BCUT2D eigenvalue weighted by atomic mass is 19.1. The van der Waals surface area contributed by atoms with Gasteiger partial charge >= 0.3 is 0 Å². The summed E-state index contributed by atoms with van der Waals surface area (Å²) >= 11 is 0. The number of fused-ring (bicyclic) bond motifs is 1. The summed E-state index contributed by atoms with van der Waals surface area (Å²) in [5.41, 5.74) is 0.219. The van der Waals surface area contributed by atoms with E-state index in [0.29, 0.717) is 31.2 Å². The van der Waals surface area contributed by atoms with Crippen molar-refractivity contribution in [3.05, 3.63) is 54.3 Å². The van der Waals surface area contributed by atoms with Crippen molar-refractivity contribution in [1.82, 2.24) is 4.90 Å². The summed E-state index contributed by atoms with van der Waals surface area (Å²) < 4.78 is 25.8. The van der Waals surface area contributed by atoms with Crippen LogP contribution in [0.5, 0.6) is 11.5 Å². The van der Waals surface area contributed by atoms with E-state index in [1.807, 2.05) is 31.2 Å². The van der Waals surface area contributed by atoms with E-state index >= 15 is 0 Å². The van der Waals surface area contributed by atoms with Gasteiger partial charge in [-0.15, -0.1) is 0 Å². The highest BCUT2D eigenvalue weighted by molar-refractivity contribution is 6.00. The molecule has 0 radical (unpaired) electrons. The summed E-state index contributed by atoms with van der Waals surface area (Å²) in [5, 5.41) is 0. The number of para-hydroxylation sites is 3. The van der Waals surface area contributed by atoms with Gasteiger partial charge in [0.1, 0.15) is 12.4 Å². The van der Waals surface area contributed by atoms with Crippen molar-refractivity contribution in [3.63, 3.8) is 0 Å². The zero-order valence-electron chi connectivity index (χ0n) is 16.2. The predicted molar refractivity (Wildman–Crippen MR) is 105 cm³/mol. The molecule has 1 fully saturated rings. The number of amides is 2. The van der Waals surface area contributed by atoms with Gasteiger partial charge in [0.2, 0.25) is 11.8 Å². The third-order valence-corrected chi connectivity index (χ3v) is 5.30. The fourth-order valence-electron chi connectivity index (χ4n) is 3.81. The summed E-state index contributed by atoms with van der Waals surface area (Å²) in [6.07, 6.45) is -0.206. The molecule has 2 atom stereocenters. The van der Waals surface area contributed by atoms with Crippen LogP contribution in [0.1, 0.15) is 13.3 Å². The Hall–Kier alpha value is -3.09. The minimum Gasteiger partial charge on any atom is -0.486 e. The predicted octanol–water partition coefficient (Wildman–Crippen LogP) is 2.87. The number of benzene rings is 2. The van der Waals surface area contributed by atoms with Gasteiger partial charge in [-0.05, 0) is 31.2 Å². The van der Waals surface area contributed by atoms with E-state index in [1.165, 1.54) is 11.0 Å². The maximum atomic E-state index is 14.1. The maximum absolute atomic E-state index is 14.1. The molecule has 2 amide bonds. The molecule has 4 rings (SSSR count). The molecule has 7 heteroatoms. The number of halogens is 1. The van der Waals surface area contributed by atoms with Crippen molar-refractivity contribution >= 4 is 17.5 Å². The fourth-order valence-corrected chi connectivity index (χ4v) is 3.81. The number of carbonyl (C=O) groups is 2. The van der Waals surface area contributed by atoms with E-state index in [0.717, 1.165) is 0 Å². The summed E-state index contributed by atoms with van der Waals surface area (Å²) in [6.45, 7) is 3.28. The number of likely N-dealkylation sites (N-methyl/N-ethyl adjacent to an activating group) is 1. The fraction of sp³-hybridized carbons (Fsp3) is 0.364. The van der Waals surface area contributed by atoms with Crippen LogP contribution in [-0.2, 0) is 9.59 Å². The number of rotatable bonds is 5. The minimum absolute atomic E-state index is 0.0779. The lowest BCUT2D eigenvalue weighted by Crippen LogP contribution is -2.46. The monoisotopic (exact) mass is 398 g/mol. The number of nitrogens with zero attached hydrogens (tertiary/aromatic N) is 2. The van der Waals surface area contributed by atoms with Gasteiger partial charge in [0, 0.05) is 19.5 Å². The first kappa shape index (κ1) is 19.2. The zero-order chi connectivity index (χ0) is 20.4.